The van der Waals surface area contributed by atoms with E-state index in [1.54, 1.807) is 4.90 Å². The second-order valence-corrected chi connectivity index (χ2v) is 10.4. The van der Waals surface area contributed by atoms with Crippen molar-refractivity contribution in [3.05, 3.63) is 0 Å². The van der Waals surface area contributed by atoms with Crippen LogP contribution in [0.4, 0.5) is 0 Å². The van der Waals surface area contributed by atoms with Crippen LogP contribution in [-0.2, 0) is 23.9 Å². The van der Waals surface area contributed by atoms with Gasteiger partial charge in [0.25, 0.3) is 0 Å². The van der Waals surface area contributed by atoms with Crippen molar-refractivity contribution >= 4 is 17.7 Å². The first kappa shape index (κ1) is 32.6. The largest absolute Gasteiger partial charge is 0.465 e. The molecular weight excluding hydrogens is 456 g/mol. The molecule has 36 heavy (non-hydrogen) atoms. The Morgan fingerprint density at radius 1 is 0.694 bits per heavy atom. The van der Waals surface area contributed by atoms with E-state index in [9.17, 15) is 14.4 Å². The van der Waals surface area contributed by atoms with Gasteiger partial charge in [0, 0.05) is 18.5 Å². The molecule has 0 aromatic rings. The Hall–Kier alpha value is -1.47. The van der Waals surface area contributed by atoms with Gasteiger partial charge in [-0.25, -0.2) is 0 Å². The number of esters is 2. The van der Waals surface area contributed by atoms with Gasteiger partial charge in [-0.05, 0) is 25.7 Å². The van der Waals surface area contributed by atoms with Gasteiger partial charge in [0.1, 0.15) is 12.4 Å². The highest BCUT2D eigenvalue weighted by Crippen LogP contribution is 2.15. The van der Waals surface area contributed by atoms with Gasteiger partial charge in [-0.15, -0.1) is 0 Å². The Morgan fingerprint density at radius 2 is 1.22 bits per heavy atom. The maximum Gasteiger partial charge on any atom is 0.320 e. The fraction of sp³-hybridized carbons (Fsp3) is 0.897. The molecular formula is C29H54N2O5. The monoisotopic (exact) mass is 510 g/mol. The molecule has 7 nitrogen and oxygen atoms in total. The average molecular weight is 511 g/mol. The van der Waals surface area contributed by atoms with E-state index in [4.69, 9.17) is 9.47 Å². The zero-order valence-electron chi connectivity index (χ0n) is 23.5. The summed E-state index contributed by atoms with van der Waals surface area (Å²) in [4.78, 5) is 39.0. The molecule has 1 heterocycles. The maximum atomic E-state index is 12.6. The van der Waals surface area contributed by atoms with Gasteiger partial charge in [-0.3, -0.25) is 19.3 Å². The second kappa shape index (κ2) is 21.6. The van der Waals surface area contributed by atoms with Crippen LogP contribution in [-0.4, -0.2) is 67.6 Å². The first-order valence-corrected chi connectivity index (χ1v) is 14.8. The van der Waals surface area contributed by atoms with E-state index < -0.39 is 5.97 Å². The number of ether oxygens (including phenoxy) is 2. The number of hydrogen-bond donors (Lipinski definition) is 1. The lowest BCUT2D eigenvalue weighted by molar-refractivity contribution is -0.149. The first-order valence-electron chi connectivity index (χ1n) is 14.8. The van der Waals surface area contributed by atoms with Crippen LogP contribution in [0.2, 0.25) is 0 Å². The van der Waals surface area contributed by atoms with Gasteiger partial charge in [0.15, 0.2) is 0 Å². The Kier molecular flexibility index (Phi) is 19.5. The van der Waals surface area contributed by atoms with Gasteiger partial charge in [0.05, 0.1) is 26.2 Å². The third-order valence-corrected chi connectivity index (χ3v) is 6.90. The standard InChI is InChI=1S/C29H54N2O5/c1-4-7-9-11-13-14-16-18-27(32)21-31(22-28(33)35-19-17-15-12-10-8-5-2)23-29(34)36-24-26-20-25(6-3)30-26/h25-26,30H,4-24H2,1-3H3. The maximum absolute atomic E-state index is 12.6. The lowest BCUT2D eigenvalue weighted by atomic mass is 9.96. The van der Waals surface area contributed by atoms with E-state index in [2.05, 4.69) is 26.1 Å². The zero-order chi connectivity index (χ0) is 26.4. The highest BCUT2D eigenvalue weighted by atomic mass is 16.5. The molecule has 2 unspecified atom stereocenters. The van der Waals surface area contributed by atoms with E-state index in [1.807, 2.05) is 0 Å². The summed E-state index contributed by atoms with van der Waals surface area (Å²) in [5.74, 6) is -0.720. The molecule has 210 valence electrons. The van der Waals surface area contributed by atoms with Crippen molar-refractivity contribution in [1.29, 1.82) is 0 Å². The smallest absolute Gasteiger partial charge is 0.320 e. The van der Waals surface area contributed by atoms with Crippen LogP contribution in [0.15, 0.2) is 0 Å². The number of ketones is 1. The van der Waals surface area contributed by atoms with Crippen LogP contribution in [0, 0.1) is 0 Å². The van der Waals surface area contributed by atoms with E-state index >= 15 is 0 Å². The Morgan fingerprint density at radius 3 is 1.81 bits per heavy atom. The van der Waals surface area contributed by atoms with Crippen molar-refractivity contribution in [2.45, 2.75) is 136 Å². The van der Waals surface area contributed by atoms with E-state index in [-0.39, 0.29) is 37.4 Å². The minimum Gasteiger partial charge on any atom is -0.465 e. The molecule has 1 saturated heterocycles. The van der Waals surface area contributed by atoms with Crippen LogP contribution in [0.25, 0.3) is 0 Å². The summed E-state index contributed by atoms with van der Waals surface area (Å²) in [5, 5.41) is 3.37. The molecule has 1 rings (SSSR count). The average Bonchev–Trinajstić information content (AvgIpc) is 2.82. The molecule has 0 bridgehead atoms. The molecule has 1 N–H and O–H groups in total. The predicted molar refractivity (Wildman–Crippen MR) is 145 cm³/mol. The summed E-state index contributed by atoms with van der Waals surface area (Å²) in [6.07, 6.45) is 17.3. The van der Waals surface area contributed by atoms with Gasteiger partial charge in [-0.2, -0.15) is 0 Å². The van der Waals surface area contributed by atoms with Crippen molar-refractivity contribution < 1.29 is 23.9 Å². The molecule has 0 spiro atoms. The number of nitrogens with one attached hydrogen (secondary N) is 1. The lowest BCUT2D eigenvalue weighted by Crippen LogP contribution is -2.54. The Labute approximate surface area is 220 Å². The summed E-state index contributed by atoms with van der Waals surface area (Å²) < 4.78 is 10.8. The Balaban J connectivity index is 2.37. The zero-order valence-corrected chi connectivity index (χ0v) is 23.5. The molecule has 7 heteroatoms. The molecule has 2 atom stereocenters. The molecule has 0 aromatic carbocycles. The number of rotatable bonds is 24. The third-order valence-electron chi connectivity index (χ3n) is 6.90. The molecule has 0 amide bonds. The normalized spacial score (nSPS) is 17.1. The first-order chi connectivity index (χ1) is 17.5. The highest BCUT2D eigenvalue weighted by molar-refractivity contribution is 5.82. The number of nitrogens with zero attached hydrogens (tertiary/aromatic N) is 1. The Bertz CT molecular complexity index is 560. The summed E-state index contributed by atoms with van der Waals surface area (Å²) in [6.45, 7) is 7.19. The molecule has 0 saturated carbocycles. The lowest BCUT2D eigenvalue weighted by Gasteiger charge is -2.36. The third kappa shape index (κ3) is 17.1. The predicted octanol–water partition coefficient (Wildman–Crippen LogP) is 5.59. The van der Waals surface area contributed by atoms with Crippen LogP contribution < -0.4 is 5.32 Å². The summed E-state index contributed by atoms with van der Waals surface area (Å²) in [7, 11) is 0. The van der Waals surface area contributed by atoms with Crippen molar-refractivity contribution in [3.8, 4) is 0 Å². The molecule has 0 aromatic heterocycles. The second-order valence-electron chi connectivity index (χ2n) is 10.4. The number of carbonyl (C=O) groups is 3. The molecule has 0 radical (unpaired) electrons. The van der Waals surface area contributed by atoms with Gasteiger partial charge in [-0.1, -0.05) is 91.4 Å². The fourth-order valence-corrected chi connectivity index (χ4v) is 4.55. The quantitative estimate of drug-likeness (QED) is 0.134. The molecule has 1 aliphatic rings. The number of unbranched alkanes of at least 4 members (excludes halogenated alkanes) is 11. The molecule has 1 fully saturated rings. The minimum absolute atomic E-state index is 0.0616. The van der Waals surface area contributed by atoms with Gasteiger partial charge in [0.2, 0.25) is 0 Å². The number of Topliss-reactive ketones (excluding diaryl/α,β-unsaturated/α-hetero) is 1. The summed E-state index contributed by atoms with van der Waals surface area (Å²) in [6, 6.07) is 0.712. The van der Waals surface area contributed by atoms with E-state index in [0.29, 0.717) is 25.7 Å². The van der Waals surface area contributed by atoms with Crippen molar-refractivity contribution in [2.75, 3.05) is 32.8 Å². The van der Waals surface area contributed by atoms with Crippen molar-refractivity contribution in [3.63, 3.8) is 0 Å². The topological polar surface area (TPSA) is 84.9 Å². The molecule has 1 aliphatic heterocycles. The fourth-order valence-electron chi connectivity index (χ4n) is 4.55. The number of hydrogen-bond acceptors (Lipinski definition) is 7. The summed E-state index contributed by atoms with van der Waals surface area (Å²) >= 11 is 0. The van der Waals surface area contributed by atoms with Gasteiger partial charge >= 0.3 is 11.9 Å². The van der Waals surface area contributed by atoms with Crippen LogP contribution in [0.3, 0.4) is 0 Å². The van der Waals surface area contributed by atoms with Crippen LogP contribution >= 0.6 is 0 Å². The van der Waals surface area contributed by atoms with Crippen molar-refractivity contribution in [1.82, 2.24) is 10.2 Å². The van der Waals surface area contributed by atoms with Gasteiger partial charge < -0.3 is 14.8 Å². The van der Waals surface area contributed by atoms with Crippen LogP contribution in [0.1, 0.15) is 124 Å². The van der Waals surface area contributed by atoms with Crippen LogP contribution in [0.5, 0.6) is 0 Å². The SMILES string of the molecule is CCCCCCCCCC(=O)CN(CC(=O)OCCCCCCCC)CC(=O)OCC1CC(CC)N1. The van der Waals surface area contributed by atoms with E-state index in [1.165, 1.54) is 44.9 Å². The van der Waals surface area contributed by atoms with E-state index in [0.717, 1.165) is 51.4 Å². The molecule has 0 aliphatic carbocycles. The van der Waals surface area contributed by atoms with Crippen molar-refractivity contribution in [2.24, 2.45) is 0 Å². The minimum atomic E-state index is -0.399. The number of carbonyl (C=O) groups excluding carboxylic acids is 3. The highest BCUT2D eigenvalue weighted by Gasteiger charge is 2.28. The summed E-state index contributed by atoms with van der Waals surface area (Å²) in [5.41, 5.74) is 0.